The van der Waals surface area contributed by atoms with Crippen LogP contribution in [0.2, 0.25) is 0 Å². The predicted molar refractivity (Wildman–Crippen MR) is 85.0 cm³/mol. The molecule has 3 nitrogen and oxygen atoms in total. The van der Waals surface area contributed by atoms with Gasteiger partial charge in [0, 0.05) is 24.2 Å². The van der Waals surface area contributed by atoms with Crippen LogP contribution in [0, 0.1) is 12.3 Å². The molecular formula is C16H13Cl2NO2. The summed E-state index contributed by atoms with van der Waals surface area (Å²) in [6.07, 6.45) is 7.68. The maximum Gasteiger partial charge on any atom is 0.208 e. The Hall–Kier alpha value is -1.76. The fraction of sp³-hybridized carbons (Fsp3) is 0.250. The van der Waals surface area contributed by atoms with Crippen molar-refractivity contribution >= 4 is 40.5 Å². The number of fused-ring (bicyclic) bond motifs is 1. The number of hydrogen-bond acceptors (Lipinski definition) is 3. The van der Waals surface area contributed by atoms with Crippen LogP contribution in [0.15, 0.2) is 28.3 Å². The van der Waals surface area contributed by atoms with Gasteiger partial charge in [-0.2, -0.15) is 0 Å². The molecule has 0 atom stereocenters. The van der Waals surface area contributed by atoms with Crippen molar-refractivity contribution in [2.24, 2.45) is 0 Å². The lowest BCUT2D eigenvalue weighted by atomic mass is 9.93. The number of Topliss-reactive ketones (excluding diaryl/α,β-unsaturated/α-hetero) is 2. The zero-order valence-corrected chi connectivity index (χ0v) is 12.7. The average molecular weight is 322 g/mol. The van der Waals surface area contributed by atoms with Crippen LogP contribution in [0.25, 0.3) is 0 Å². The maximum absolute atomic E-state index is 12.2. The van der Waals surface area contributed by atoms with E-state index >= 15 is 0 Å². The van der Waals surface area contributed by atoms with Gasteiger partial charge in [0.05, 0.1) is 5.56 Å². The molecule has 0 saturated carbocycles. The molecule has 21 heavy (non-hydrogen) atoms. The van der Waals surface area contributed by atoms with E-state index in [0.29, 0.717) is 12.2 Å². The number of unbranched alkanes of at least 4 members (excludes halogenated alkanes) is 2. The smallest absolute Gasteiger partial charge is 0.208 e. The monoisotopic (exact) mass is 321 g/mol. The third-order valence-corrected chi connectivity index (χ3v) is 4.01. The standard InChI is InChI=1S/C16H13Cl2NO2/c1-2-3-4-5-9-19-11-8-6-7-10-12(11)16(21)14(18)13(17)15(10)20/h1,6-8,19H,3-5,9H2. The van der Waals surface area contributed by atoms with E-state index in [0.717, 1.165) is 19.3 Å². The van der Waals surface area contributed by atoms with Gasteiger partial charge in [0.2, 0.25) is 11.6 Å². The summed E-state index contributed by atoms with van der Waals surface area (Å²) in [6, 6.07) is 5.02. The molecule has 0 heterocycles. The zero-order chi connectivity index (χ0) is 15.4. The van der Waals surface area contributed by atoms with Gasteiger partial charge >= 0.3 is 0 Å². The van der Waals surface area contributed by atoms with Crippen molar-refractivity contribution in [2.45, 2.75) is 19.3 Å². The zero-order valence-electron chi connectivity index (χ0n) is 11.2. The molecule has 0 bridgehead atoms. The molecule has 0 aromatic heterocycles. The highest BCUT2D eigenvalue weighted by atomic mass is 35.5. The van der Waals surface area contributed by atoms with Crippen molar-refractivity contribution in [3.05, 3.63) is 39.4 Å². The van der Waals surface area contributed by atoms with Gasteiger partial charge in [-0.05, 0) is 18.9 Å². The van der Waals surface area contributed by atoms with E-state index in [2.05, 4.69) is 11.2 Å². The Bertz CT molecular complexity index is 671. The highest BCUT2D eigenvalue weighted by Crippen LogP contribution is 2.34. The Kier molecular flexibility index (Phi) is 5.06. The number of ketones is 2. The third kappa shape index (κ3) is 3.12. The fourth-order valence-corrected chi connectivity index (χ4v) is 2.50. The SMILES string of the molecule is C#CCCCCNc1cccc2c1C(=O)C(Cl)=C(Cl)C2=O. The molecule has 1 aromatic rings. The van der Waals surface area contributed by atoms with E-state index in [-0.39, 0.29) is 21.2 Å². The van der Waals surface area contributed by atoms with E-state index in [1.54, 1.807) is 18.2 Å². The first-order chi connectivity index (χ1) is 10.1. The maximum atomic E-state index is 12.2. The van der Waals surface area contributed by atoms with Gasteiger partial charge in [0.15, 0.2) is 0 Å². The molecule has 0 spiro atoms. The molecule has 1 aromatic carbocycles. The van der Waals surface area contributed by atoms with Crippen molar-refractivity contribution < 1.29 is 9.59 Å². The number of hydrogen-bond donors (Lipinski definition) is 1. The number of terminal acetylenes is 1. The van der Waals surface area contributed by atoms with Crippen LogP contribution < -0.4 is 5.32 Å². The summed E-state index contributed by atoms with van der Waals surface area (Å²) in [4.78, 5) is 24.3. The molecule has 108 valence electrons. The van der Waals surface area contributed by atoms with Gasteiger partial charge in [-0.25, -0.2) is 0 Å². The molecule has 0 saturated heterocycles. The summed E-state index contributed by atoms with van der Waals surface area (Å²) in [5.41, 5.74) is 1.16. The minimum Gasteiger partial charge on any atom is -0.384 e. The summed E-state index contributed by atoms with van der Waals surface area (Å²) in [5.74, 6) is 1.72. The molecule has 2 rings (SSSR count). The van der Waals surface area contributed by atoms with Gasteiger partial charge < -0.3 is 5.32 Å². The molecule has 0 radical (unpaired) electrons. The number of carbonyl (C=O) groups excluding carboxylic acids is 2. The summed E-state index contributed by atoms with van der Waals surface area (Å²) >= 11 is 11.6. The van der Waals surface area contributed by atoms with Gasteiger partial charge in [0.1, 0.15) is 10.1 Å². The fourth-order valence-electron chi connectivity index (χ4n) is 2.14. The summed E-state index contributed by atoms with van der Waals surface area (Å²) in [7, 11) is 0. The van der Waals surface area contributed by atoms with Crippen molar-refractivity contribution in [1.82, 2.24) is 0 Å². The number of benzene rings is 1. The average Bonchev–Trinajstić information content (AvgIpc) is 2.50. The van der Waals surface area contributed by atoms with Crippen LogP contribution in [0.4, 0.5) is 5.69 Å². The third-order valence-electron chi connectivity index (χ3n) is 3.19. The summed E-state index contributed by atoms with van der Waals surface area (Å²) in [6.45, 7) is 0.661. The molecular weight excluding hydrogens is 309 g/mol. The van der Waals surface area contributed by atoms with Crippen molar-refractivity contribution in [3.63, 3.8) is 0 Å². The molecule has 5 heteroatoms. The molecule has 0 aliphatic heterocycles. The van der Waals surface area contributed by atoms with E-state index < -0.39 is 11.6 Å². The van der Waals surface area contributed by atoms with Crippen LogP contribution in [0.3, 0.4) is 0 Å². The number of nitrogens with one attached hydrogen (secondary N) is 1. The lowest BCUT2D eigenvalue weighted by molar-refractivity contribution is 0.0987. The highest BCUT2D eigenvalue weighted by molar-refractivity contribution is 6.59. The molecule has 1 aliphatic carbocycles. The van der Waals surface area contributed by atoms with Crippen LogP contribution in [-0.4, -0.2) is 18.1 Å². The second-order valence-corrected chi connectivity index (χ2v) is 5.36. The number of halogens is 2. The van der Waals surface area contributed by atoms with Gasteiger partial charge in [-0.15, -0.1) is 12.3 Å². The minimum atomic E-state index is -0.428. The van der Waals surface area contributed by atoms with Crippen molar-refractivity contribution in [3.8, 4) is 12.3 Å². The lowest BCUT2D eigenvalue weighted by Crippen LogP contribution is -2.20. The van der Waals surface area contributed by atoms with Gasteiger partial charge in [0.25, 0.3) is 0 Å². The quantitative estimate of drug-likeness (QED) is 0.659. The number of allylic oxidation sites excluding steroid dienone is 2. The first-order valence-corrected chi connectivity index (χ1v) is 7.28. The Balaban J connectivity index is 2.23. The largest absolute Gasteiger partial charge is 0.384 e. The Morgan fingerprint density at radius 3 is 2.52 bits per heavy atom. The lowest BCUT2D eigenvalue weighted by Gasteiger charge is -2.18. The topological polar surface area (TPSA) is 46.2 Å². The summed E-state index contributed by atoms with van der Waals surface area (Å²) < 4.78 is 0. The van der Waals surface area contributed by atoms with E-state index in [1.165, 1.54) is 0 Å². The summed E-state index contributed by atoms with van der Waals surface area (Å²) in [5, 5.41) is 2.70. The molecule has 0 amide bonds. The number of anilines is 1. The first-order valence-electron chi connectivity index (χ1n) is 6.53. The van der Waals surface area contributed by atoms with Crippen LogP contribution in [0.5, 0.6) is 0 Å². The van der Waals surface area contributed by atoms with Crippen LogP contribution >= 0.6 is 23.2 Å². The Labute approximate surface area is 133 Å². The molecule has 0 fully saturated rings. The van der Waals surface area contributed by atoms with Crippen molar-refractivity contribution in [1.29, 1.82) is 0 Å². The van der Waals surface area contributed by atoms with E-state index in [9.17, 15) is 9.59 Å². The van der Waals surface area contributed by atoms with Crippen LogP contribution in [0.1, 0.15) is 40.0 Å². The Morgan fingerprint density at radius 1 is 1.10 bits per heavy atom. The molecule has 1 aliphatic rings. The van der Waals surface area contributed by atoms with Gasteiger partial charge in [-0.1, -0.05) is 35.3 Å². The number of carbonyl (C=O) groups is 2. The second kappa shape index (κ2) is 6.80. The minimum absolute atomic E-state index is 0.222. The van der Waals surface area contributed by atoms with Crippen molar-refractivity contribution in [2.75, 3.05) is 11.9 Å². The highest BCUT2D eigenvalue weighted by Gasteiger charge is 2.32. The normalized spacial score (nSPS) is 14.0. The molecule has 1 N–H and O–H groups in total. The van der Waals surface area contributed by atoms with Gasteiger partial charge in [-0.3, -0.25) is 9.59 Å². The second-order valence-electron chi connectivity index (χ2n) is 4.60. The van der Waals surface area contributed by atoms with E-state index in [1.807, 2.05) is 0 Å². The predicted octanol–water partition coefficient (Wildman–Crippen LogP) is 3.97. The van der Waals surface area contributed by atoms with E-state index in [4.69, 9.17) is 29.6 Å². The Morgan fingerprint density at radius 2 is 1.81 bits per heavy atom. The van der Waals surface area contributed by atoms with Crippen LogP contribution in [-0.2, 0) is 0 Å². The molecule has 0 unspecified atom stereocenters. The number of rotatable bonds is 5. The first kappa shape index (κ1) is 15.6.